The highest BCUT2D eigenvalue weighted by molar-refractivity contribution is 5.95. The number of rotatable bonds is 7. The van der Waals surface area contributed by atoms with E-state index in [2.05, 4.69) is 17.1 Å². The lowest BCUT2D eigenvalue weighted by Gasteiger charge is -2.40. The molecule has 0 spiro atoms. The highest BCUT2D eigenvalue weighted by Gasteiger charge is 2.34. The van der Waals surface area contributed by atoms with E-state index in [0.717, 1.165) is 5.56 Å². The minimum Gasteiger partial charge on any atom is -0.337 e. The second-order valence-corrected chi connectivity index (χ2v) is 8.92. The summed E-state index contributed by atoms with van der Waals surface area (Å²) in [6.45, 7) is 0.910. The van der Waals surface area contributed by atoms with Crippen LogP contribution in [0.25, 0.3) is 6.08 Å². The SMILES string of the molecule is CN(C(=O)c1ccccn1)[C@@H](Cc1ccccc1)C1CCN(C(=O)/C(F)=C/c2ccccc2)CC1. The Hall–Kier alpha value is -3.80. The third-order valence-electron chi connectivity index (χ3n) is 6.66. The van der Waals surface area contributed by atoms with Crippen molar-refractivity contribution in [3.8, 4) is 0 Å². The minimum atomic E-state index is -0.752. The van der Waals surface area contributed by atoms with Gasteiger partial charge in [0.15, 0.2) is 5.83 Å². The number of amides is 2. The fourth-order valence-electron chi connectivity index (χ4n) is 4.69. The van der Waals surface area contributed by atoms with Crippen molar-refractivity contribution in [2.24, 2.45) is 5.92 Å². The summed E-state index contributed by atoms with van der Waals surface area (Å²) in [5.41, 5.74) is 2.22. The van der Waals surface area contributed by atoms with Crippen LogP contribution in [0, 0.1) is 5.92 Å². The number of likely N-dealkylation sites (tertiary alicyclic amines) is 1. The Morgan fingerprint density at radius 1 is 1.00 bits per heavy atom. The number of hydrogen-bond acceptors (Lipinski definition) is 3. The monoisotopic (exact) mass is 471 g/mol. The van der Waals surface area contributed by atoms with Crippen LogP contribution in [0.15, 0.2) is 90.9 Å². The highest BCUT2D eigenvalue weighted by atomic mass is 19.1. The molecule has 0 unspecified atom stereocenters. The number of benzene rings is 2. The number of halogens is 1. The van der Waals surface area contributed by atoms with Crippen molar-refractivity contribution in [1.82, 2.24) is 14.8 Å². The van der Waals surface area contributed by atoms with Crippen molar-refractivity contribution in [2.45, 2.75) is 25.3 Å². The molecule has 1 atom stereocenters. The summed E-state index contributed by atoms with van der Waals surface area (Å²) in [7, 11) is 1.82. The van der Waals surface area contributed by atoms with E-state index < -0.39 is 11.7 Å². The Morgan fingerprint density at radius 2 is 1.63 bits per heavy atom. The van der Waals surface area contributed by atoms with E-state index in [9.17, 15) is 14.0 Å². The molecule has 1 fully saturated rings. The van der Waals surface area contributed by atoms with Gasteiger partial charge in [-0.3, -0.25) is 14.6 Å². The molecular weight excluding hydrogens is 441 g/mol. The molecule has 3 aromatic rings. The maximum Gasteiger partial charge on any atom is 0.282 e. The van der Waals surface area contributed by atoms with Gasteiger partial charge in [0, 0.05) is 32.4 Å². The smallest absolute Gasteiger partial charge is 0.282 e. The van der Waals surface area contributed by atoms with Crippen molar-refractivity contribution in [3.63, 3.8) is 0 Å². The summed E-state index contributed by atoms with van der Waals surface area (Å²) in [6, 6.07) is 24.4. The molecule has 1 aromatic heterocycles. The molecule has 2 amide bonds. The predicted octanol–water partition coefficient (Wildman–Crippen LogP) is 5.01. The summed E-state index contributed by atoms with van der Waals surface area (Å²) in [4.78, 5) is 33.5. The molecule has 6 heteroatoms. The van der Waals surface area contributed by atoms with Crippen LogP contribution in [0.1, 0.15) is 34.5 Å². The number of likely N-dealkylation sites (N-methyl/N-ethyl adjacent to an activating group) is 1. The summed E-state index contributed by atoms with van der Waals surface area (Å²) in [5.74, 6) is -1.28. The first-order valence-corrected chi connectivity index (χ1v) is 12.0. The van der Waals surface area contributed by atoms with Crippen molar-refractivity contribution in [3.05, 3.63) is 108 Å². The van der Waals surface area contributed by atoms with Crippen LogP contribution in [0.5, 0.6) is 0 Å². The summed E-state index contributed by atoms with van der Waals surface area (Å²) >= 11 is 0. The normalized spacial score (nSPS) is 15.5. The second-order valence-electron chi connectivity index (χ2n) is 8.92. The van der Waals surface area contributed by atoms with Gasteiger partial charge in [0.2, 0.25) is 0 Å². The molecule has 1 aliphatic heterocycles. The van der Waals surface area contributed by atoms with E-state index in [1.54, 1.807) is 40.3 Å². The van der Waals surface area contributed by atoms with Gasteiger partial charge in [-0.15, -0.1) is 0 Å². The molecule has 2 aromatic carbocycles. The average Bonchev–Trinajstić information content (AvgIpc) is 2.92. The number of carbonyl (C=O) groups excluding carboxylic acids is 2. The third-order valence-corrected chi connectivity index (χ3v) is 6.66. The molecule has 1 saturated heterocycles. The fraction of sp³-hybridized carbons (Fsp3) is 0.276. The molecule has 0 aliphatic carbocycles. The number of nitrogens with zero attached hydrogens (tertiary/aromatic N) is 3. The zero-order chi connectivity index (χ0) is 24.6. The van der Waals surface area contributed by atoms with Gasteiger partial charge in [0.1, 0.15) is 5.69 Å². The van der Waals surface area contributed by atoms with E-state index in [1.807, 2.05) is 49.5 Å². The van der Waals surface area contributed by atoms with Gasteiger partial charge in [0.25, 0.3) is 11.8 Å². The van der Waals surface area contributed by atoms with Crippen molar-refractivity contribution in [1.29, 1.82) is 0 Å². The number of hydrogen-bond donors (Lipinski definition) is 0. The lowest BCUT2D eigenvalue weighted by Crippen LogP contribution is -2.48. The molecule has 0 radical (unpaired) electrons. The molecule has 4 rings (SSSR count). The van der Waals surface area contributed by atoms with E-state index >= 15 is 0 Å². The quantitative estimate of drug-likeness (QED) is 0.455. The van der Waals surface area contributed by atoms with Gasteiger partial charge in [0.05, 0.1) is 0 Å². The van der Waals surface area contributed by atoms with Gasteiger partial charge in [-0.2, -0.15) is 0 Å². The topological polar surface area (TPSA) is 53.5 Å². The van der Waals surface area contributed by atoms with Crippen LogP contribution in [0.4, 0.5) is 4.39 Å². The van der Waals surface area contributed by atoms with Gasteiger partial charge >= 0.3 is 0 Å². The van der Waals surface area contributed by atoms with Crippen LogP contribution in [0.3, 0.4) is 0 Å². The van der Waals surface area contributed by atoms with Gasteiger partial charge in [-0.25, -0.2) is 4.39 Å². The van der Waals surface area contributed by atoms with Crippen LogP contribution < -0.4 is 0 Å². The zero-order valence-corrected chi connectivity index (χ0v) is 19.9. The number of aromatic nitrogens is 1. The first kappa shape index (κ1) is 24.3. The zero-order valence-electron chi connectivity index (χ0n) is 19.9. The maximum absolute atomic E-state index is 14.6. The minimum absolute atomic E-state index is 0.0612. The Morgan fingerprint density at radius 3 is 2.26 bits per heavy atom. The van der Waals surface area contributed by atoms with Crippen LogP contribution >= 0.6 is 0 Å². The van der Waals surface area contributed by atoms with Crippen LogP contribution in [-0.4, -0.2) is 52.8 Å². The van der Waals surface area contributed by atoms with E-state index in [0.29, 0.717) is 43.6 Å². The number of carbonyl (C=O) groups is 2. The Balaban J connectivity index is 1.46. The molecular formula is C29H30FN3O2. The number of piperidine rings is 1. The summed E-state index contributed by atoms with van der Waals surface area (Å²) in [6.07, 6.45) is 5.00. The van der Waals surface area contributed by atoms with Crippen LogP contribution in [-0.2, 0) is 11.2 Å². The van der Waals surface area contributed by atoms with E-state index in [-0.39, 0.29) is 17.9 Å². The molecule has 0 N–H and O–H groups in total. The predicted molar refractivity (Wildman–Crippen MR) is 135 cm³/mol. The van der Waals surface area contributed by atoms with Crippen molar-refractivity contribution >= 4 is 17.9 Å². The summed E-state index contributed by atoms with van der Waals surface area (Å²) in [5, 5.41) is 0. The molecule has 0 saturated carbocycles. The molecule has 0 bridgehead atoms. The van der Waals surface area contributed by atoms with Gasteiger partial charge in [-0.05, 0) is 54.5 Å². The maximum atomic E-state index is 14.6. The first-order chi connectivity index (χ1) is 17.0. The Kier molecular flexibility index (Phi) is 8.03. The van der Waals surface area contributed by atoms with Crippen LogP contribution in [0.2, 0.25) is 0 Å². The third kappa shape index (κ3) is 6.21. The first-order valence-electron chi connectivity index (χ1n) is 12.0. The Labute approximate surface area is 205 Å². The van der Waals surface area contributed by atoms with E-state index in [1.165, 1.54) is 6.08 Å². The highest BCUT2D eigenvalue weighted by Crippen LogP contribution is 2.28. The van der Waals surface area contributed by atoms with Crippen molar-refractivity contribution < 1.29 is 14.0 Å². The lowest BCUT2D eigenvalue weighted by atomic mass is 9.84. The molecule has 2 heterocycles. The summed E-state index contributed by atoms with van der Waals surface area (Å²) < 4.78 is 14.6. The molecule has 180 valence electrons. The number of pyridine rings is 1. The van der Waals surface area contributed by atoms with E-state index in [4.69, 9.17) is 0 Å². The lowest BCUT2D eigenvalue weighted by molar-refractivity contribution is -0.130. The second kappa shape index (κ2) is 11.6. The molecule has 1 aliphatic rings. The molecule has 5 nitrogen and oxygen atoms in total. The standard InChI is InChI=1S/C29H30FN3O2/c1-32(29(35)26-14-8-9-17-31-26)27(21-23-12-6-3-7-13-23)24-15-18-33(19-16-24)28(34)25(30)20-22-10-4-2-5-11-22/h2-14,17,20,24,27H,15-16,18-19,21H2,1H3/b25-20-/t27-/m0/s1. The molecule has 35 heavy (non-hydrogen) atoms. The van der Waals surface area contributed by atoms with Gasteiger partial charge in [-0.1, -0.05) is 66.7 Å². The Bertz CT molecular complexity index is 1140. The largest absolute Gasteiger partial charge is 0.337 e. The average molecular weight is 472 g/mol. The van der Waals surface area contributed by atoms with Gasteiger partial charge < -0.3 is 9.80 Å². The fourth-order valence-corrected chi connectivity index (χ4v) is 4.69. The van der Waals surface area contributed by atoms with Crippen molar-refractivity contribution in [2.75, 3.05) is 20.1 Å².